The van der Waals surface area contributed by atoms with Crippen molar-refractivity contribution in [3.8, 4) is 0 Å². The van der Waals surface area contributed by atoms with Gasteiger partial charge < -0.3 is 25.2 Å². The van der Waals surface area contributed by atoms with Crippen molar-refractivity contribution in [2.75, 3.05) is 51.2 Å². The highest BCUT2D eigenvalue weighted by atomic mass is 19.1. The number of hydrogen-bond donors (Lipinski definition) is 2. The fourth-order valence-corrected chi connectivity index (χ4v) is 3.42. The molecule has 0 spiro atoms. The molecule has 0 saturated carbocycles. The van der Waals surface area contributed by atoms with Crippen LogP contribution in [0, 0.1) is 5.82 Å². The van der Waals surface area contributed by atoms with Crippen molar-refractivity contribution >= 4 is 23.5 Å². The number of piperazine rings is 1. The van der Waals surface area contributed by atoms with E-state index in [2.05, 4.69) is 15.6 Å². The molecule has 2 N–H and O–H groups in total. The van der Waals surface area contributed by atoms with Gasteiger partial charge in [-0.25, -0.2) is 9.38 Å². The summed E-state index contributed by atoms with van der Waals surface area (Å²) in [7, 11) is 0. The van der Waals surface area contributed by atoms with E-state index in [0.29, 0.717) is 51.0 Å². The summed E-state index contributed by atoms with van der Waals surface area (Å²) >= 11 is 0. The minimum atomic E-state index is -0.354. The smallest absolute Gasteiger partial charge is 0.251 e. The third-order valence-corrected chi connectivity index (χ3v) is 4.93. The molecule has 0 bridgehead atoms. The largest absolute Gasteiger partial charge is 0.368 e. The molecule has 0 aromatic heterocycles. The number of nitrogens with one attached hydrogen (secondary N) is 2. The van der Waals surface area contributed by atoms with E-state index in [1.807, 2.05) is 16.7 Å². The maximum Gasteiger partial charge on any atom is 0.251 e. The third kappa shape index (κ3) is 5.90. The first kappa shape index (κ1) is 21.0. The number of hydrogen-bond acceptors (Lipinski definition) is 4. The molecule has 2 aliphatic rings. The molecule has 1 atom stereocenters. The van der Waals surface area contributed by atoms with Crippen molar-refractivity contribution in [1.82, 2.24) is 15.1 Å². The first-order valence-corrected chi connectivity index (χ1v) is 10.1. The SMILES string of the molecule is CCNC(=NCC(=O)Nc1ccc(F)cc1)N1CCN(C(=O)C2CCCO2)CC1. The number of guanidine groups is 1. The average molecular weight is 405 g/mol. The number of amides is 2. The molecule has 2 amide bonds. The summed E-state index contributed by atoms with van der Waals surface area (Å²) in [5.41, 5.74) is 0.526. The van der Waals surface area contributed by atoms with Gasteiger partial charge in [-0.3, -0.25) is 9.59 Å². The molecule has 0 aliphatic carbocycles. The number of aliphatic imine (C=N–C) groups is 1. The Morgan fingerprint density at radius 1 is 1.17 bits per heavy atom. The van der Waals surface area contributed by atoms with Gasteiger partial charge in [-0.15, -0.1) is 0 Å². The Bertz CT molecular complexity index is 726. The van der Waals surface area contributed by atoms with Gasteiger partial charge in [0.1, 0.15) is 18.5 Å². The van der Waals surface area contributed by atoms with Gasteiger partial charge >= 0.3 is 0 Å². The molecule has 2 aliphatic heterocycles. The Kier molecular flexibility index (Phi) is 7.40. The second-order valence-electron chi connectivity index (χ2n) is 7.04. The van der Waals surface area contributed by atoms with Gasteiger partial charge in [-0.1, -0.05) is 0 Å². The lowest BCUT2D eigenvalue weighted by Gasteiger charge is -2.37. The van der Waals surface area contributed by atoms with E-state index in [0.717, 1.165) is 12.8 Å². The third-order valence-electron chi connectivity index (χ3n) is 4.93. The Hall–Kier alpha value is -2.68. The second-order valence-corrected chi connectivity index (χ2v) is 7.04. The van der Waals surface area contributed by atoms with Gasteiger partial charge in [-0.05, 0) is 44.0 Å². The predicted octanol–water partition coefficient (Wildman–Crippen LogP) is 1.05. The molecule has 2 fully saturated rings. The van der Waals surface area contributed by atoms with E-state index < -0.39 is 0 Å². The van der Waals surface area contributed by atoms with Gasteiger partial charge in [0.2, 0.25) is 5.91 Å². The Balaban J connectivity index is 1.51. The molecule has 1 unspecified atom stereocenters. The summed E-state index contributed by atoms with van der Waals surface area (Å²) in [4.78, 5) is 32.9. The summed E-state index contributed by atoms with van der Waals surface area (Å²) in [6, 6.07) is 5.60. The highest BCUT2D eigenvalue weighted by Crippen LogP contribution is 2.16. The van der Waals surface area contributed by atoms with Crippen molar-refractivity contribution in [2.24, 2.45) is 4.99 Å². The number of halogens is 1. The maximum atomic E-state index is 13.0. The topological polar surface area (TPSA) is 86.3 Å². The monoisotopic (exact) mass is 405 g/mol. The van der Waals surface area contributed by atoms with Crippen LogP contribution in [-0.4, -0.2) is 79.6 Å². The van der Waals surface area contributed by atoms with E-state index in [-0.39, 0.29) is 30.3 Å². The van der Waals surface area contributed by atoms with Gasteiger partial charge in [-0.2, -0.15) is 0 Å². The van der Waals surface area contributed by atoms with E-state index in [4.69, 9.17) is 4.74 Å². The quantitative estimate of drug-likeness (QED) is 0.565. The van der Waals surface area contributed by atoms with Gasteiger partial charge in [0.25, 0.3) is 5.91 Å². The van der Waals surface area contributed by atoms with Crippen LogP contribution in [0.25, 0.3) is 0 Å². The number of benzene rings is 1. The molecule has 158 valence electrons. The molecule has 2 heterocycles. The summed E-state index contributed by atoms with van der Waals surface area (Å²) in [5, 5.41) is 5.89. The second kappa shape index (κ2) is 10.2. The minimum Gasteiger partial charge on any atom is -0.368 e. The Morgan fingerprint density at radius 2 is 1.86 bits per heavy atom. The molecular formula is C20H28FN5O3. The van der Waals surface area contributed by atoms with Gasteiger partial charge in [0.05, 0.1) is 0 Å². The number of rotatable bonds is 5. The van der Waals surface area contributed by atoms with Crippen molar-refractivity contribution in [2.45, 2.75) is 25.9 Å². The number of anilines is 1. The summed E-state index contributed by atoms with van der Waals surface area (Å²) < 4.78 is 18.4. The van der Waals surface area contributed by atoms with Crippen LogP contribution in [0.5, 0.6) is 0 Å². The molecular weight excluding hydrogens is 377 g/mol. The highest BCUT2D eigenvalue weighted by molar-refractivity contribution is 5.94. The average Bonchev–Trinajstić information content (AvgIpc) is 3.27. The minimum absolute atomic E-state index is 0.0469. The summed E-state index contributed by atoms with van der Waals surface area (Å²) in [5.74, 6) is 0.0838. The maximum absolute atomic E-state index is 13.0. The van der Waals surface area contributed by atoms with Crippen molar-refractivity contribution in [1.29, 1.82) is 0 Å². The zero-order valence-corrected chi connectivity index (χ0v) is 16.7. The fourth-order valence-electron chi connectivity index (χ4n) is 3.42. The van der Waals surface area contributed by atoms with Gasteiger partial charge in [0.15, 0.2) is 5.96 Å². The molecule has 1 aromatic carbocycles. The van der Waals surface area contributed by atoms with Crippen LogP contribution in [-0.2, 0) is 14.3 Å². The van der Waals surface area contributed by atoms with Crippen LogP contribution in [0.3, 0.4) is 0 Å². The lowest BCUT2D eigenvalue weighted by atomic mass is 10.2. The van der Waals surface area contributed by atoms with E-state index >= 15 is 0 Å². The summed E-state index contributed by atoms with van der Waals surface area (Å²) in [6.07, 6.45) is 1.44. The highest BCUT2D eigenvalue weighted by Gasteiger charge is 2.30. The molecule has 0 radical (unpaired) electrons. The van der Waals surface area contributed by atoms with Crippen LogP contribution in [0.4, 0.5) is 10.1 Å². The first-order chi connectivity index (χ1) is 14.1. The van der Waals surface area contributed by atoms with Crippen LogP contribution in [0.15, 0.2) is 29.3 Å². The number of carbonyl (C=O) groups is 2. The summed E-state index contributed by atoms with van der Waals surface area (Å²) in [6.45, 7) is 5.74. The molecule has 3 rings (SSSR count). The lowest BCUT2D eigenvalue weighted by molar-refractivity contribution is -0.142. The zero-order chi connectivity index (χ0) is 20.6. The van der Waals surface area contributed by atoms with Crippen LogP contribution in [0.1, 0.15) is 19.8 Å². The Labute approximate surface area is 170 Å². The van der Waals surface area contributed by atoms with Crippen molar-refractivity contribution in [3.05, 3.63) is 30.1 Å². The first-order valence-electron chi connectivity index (χ1n) is 10.1. The number of nitrogens with zero attached hydrogens (tertiary/aromatic N) is 3. The molecule has 9 heteroatoms. The lowest BCUT2D eigenvalue weighted by Crippen LogP contribution is -2.55. The standard InChI is InChI=1S/C20H28FN5O3/c1-2-22-20(23-14-18(27)24-16-7-5-15(21)6-8-16)26-11-9-25(10-12-26)19(28)17-4-3-13-29-17/h5-8,17H,2-4,9-14H2,1H3,(H,22,23)(H,24,27). The van der Waals surface area contributed by atoms with Crippen LogP contribution in [0.2, 0.25) is 0 Å². The van der Waals surface area contributed by atoms with Crippen LogP contribution >= 0.6 is 0 Å². The Morgan fingerprint density at radius 3 is 2.48 bits per heavy atom. The number of carbonyl (C=O) groups excluding carboxylic acids is 2. The predicted molar refractivity (Wildman–Crippen MR) is 108 cm³/mol. The van der Waals surface area contributed by atoms with E-state index in [1.165, 1.54) is 24.3 Å². The van der Waals surface area contributed by atoms with E-state index in [9.17, 15) is 14.0 Å². The fraction of sp³-hybridized carbons (Fsp3) is 0.550. The van der Waals surface area contributed by atoms with Crippen molar-refractivity contribution in [3.63, 3.8) is 0 Å². The zero-order valence-electron chi connectivity index (χ0n) is 16.7. The van der Waals surface area contributed by atoms with Crippen LogP contribution < -0.4 is 10.6 Å². The normalized spacial score (nSPS) is 19.9. The van der Waals surface area contributed by atoms with E-state index in [1.54, 1.807) is 0 Å². The van der Waals surface area contributed by atoms with Gasteiger partial charge in [0, 0.05) is 45.0 Å². The molecule has 2 saturated heterocycles. The molecule has 1 aromatic rings. The molecule has 8 nitrogen and oxygen atoms in total. The number of ether oxygens (including phenoxy) is 1. The van der Waals surface area contributed by atoms with Crippen molar-refractivity contribution < 1.29 is 18.7 Å². The molecule has 29 heavy (non-hydrogen) atoms.